The van der Waals surface area contributed by atoms with Gasteiger partial charge in [-0.2, -0.15) is 0 Å². The Morgan fingerprint density at radius 3 is 2.47 bits per heavy atom. The van der Waals surface area contributed by atoms with Gasteiger partial charge in [0.1, 0.15) is 0 Å². The number of amides is 1. The highest BCUT2D eigenvalue weighted by Crippen LogP contribution is 2.39. The smallest absolute Gasteiger partial charge is 0.254 e. The highest BCUT2D eigenvalue weighted by Gasteiger charge is 2.32. The topological polar surface area (TPSA) is 76.1 Å². The molecule has 2 aromatic carbocycles. The van der Waals surface area contributed by atoms with Crippen LogP contribution in [0.25, 0.3) is 0 Å². The summed E-state index contributed by atoms with van der Waals surface area (Å²) in [5, 5.41) is 0. The van der Waals surface area contributed by atoms with Gasteiger partial charge in [-0.1, -0.05) is 6.07 Å². The third-order valence-corrected chi connectivity index (χ3v) is 8.24. The van der Waals surface area contributed by atoms with E-state index in [1.807, 2.05) is 30.0 Å². The van der Waals surface area contributed by atoms with E-state index in [0.717, 1.165) is 36.1 Å². The van der Waals surface area contributed by atoms with Crippen molar-refractivity contribution in [3.05, 3.63) is 52.6 Å². The Kier molecular flexibility index (Phi) is 6.18. The molecule has 4 rings (SSSR count). The summed E-state index contributed by atoms with van der Waals surface area (Å²) in [6.07, 6.45) is 2.57. The predicted octanol–water partition coefficient (Wildman–Crippen LogP) is 3.69. The van der Waals surface area contributed by atoms with Crippen molar-refractivity contribution in [1.29, 1.82) is 0 Å². The minimum atomic E-state index is -3.66. The van der Waals surface area contributed by atoms with Crippen molar-refractivity contribution >= 4 is 15.9 Å². The second kappa shape index (κ2) is 8.75. The van der Waals surface area contributed by atoms with E-state index in [0.29, 0.717) is 36.6 Å². The molecule has 0 spiro atoms. The minimum Gasteiger partial charge on any atom is -0.490 e. The third-order valence-electron chi connectivity index (χ3n) is 6.30. The molecule has 7 nitrogen and oxygen atoms in total. The fraction of sp³-hybridized carbons (Fsp3) is 0.458. The van der Waals surface area contributed by atoms with Gasteiger partial charge < -0.3 is 14.4 Å². The molecular formula is C24H30N2O5S. The molecule has 1 amide bonds. The molecule has 8 heteroatoms. The van der Waals surface area contributed by atoms with Gasteiger partial charge in [0.2, 0.25) is 10.0 Å². The summed E-state index contributed by atoms with van der Waals surface area (Å²) >= 11 is 0. The van der Waals surface area contributed by atoms with Crippen molar-refractivity contribution in [3.63, 3.8) is 0 Å². The van der Waals surface area contributed by atoms with Gasteiger partial charge in [0, 0.05) is 32.6 Å². The largest absolute Gasteiger partial charge is 0.490 e. The average Bonchev–Trinajstić information content (AvgIpc) is 3.13. The average molecular weight is 459 g/mol. The summed E-state index contributed by atoms with van der Waals surface area (Å²) in [5.74, 6) is 1.29. The summed E-state index contributed by atoms with van der Waals surface area (Å²) in [6.45, 7) is 5.48. The molecule has 0 saturated carbocycles. The molecule has 2 heterocycles. The molecule has 0 radical (unpaired) electrons. The van der Waals surface area contributed by atoms with Gasteiger partial charge in [-0.25, -0.2) is 12.7 Å². The zero-order valence-corrected chi connectivity index (χ0v) is 19.9. The van der Waals surface area contributed by atoms with Gasteiger partial charge in [-0.05, 0) is 67.6 Å². The number of hydrogen-bond acceptors (Lipinski definition) is 5. The number of ether oxygens (including phenoxy) is 2. The molecule has 0 aromatic heterocycles. The molecule has 1 fully saturated rings. The van der Waals surface area contributed by atoms with Gasteiger partial charge in [0.15, 0.2) is 11.5 Å². The van der Waals surface area contributed by atoms with E-state index in [4.69, 9.17) is 9.47 Å². The third kappa shape index (κ3) is 4.09. The number of benzene rings is 2. The molecule has 0 bridgehead atoms. The zero-order chi connectivity index (χ0) is 23.0. The first-order valence-electron chi connectivity index (χ1n) is 10.9. The van der Waals surface area contributed by atoms with Crippen LogP contribution in [0, 0.1) is 13.8 Å². The van der Waals surface area contributed by atoms with Crippen LogP contribution in [-0.4, -0.2) is 57.4 Å². The minimum absolute atomic E-state index is 0.0878. The van der Waals surface area contributed by atoms with E-state index in [-0.39, 0.29) is 16.8 Å². The van der Waals surface area contributed by atoms with Crippen LogP contribution in [0.15, 0.2) is 35.2 Å². The monoisotopic (exact) mass is 458 g/mol. The number of nitrogens with zero attached hydrogens (tertiary/aromatic N) is 2. The van der Waals surface area contributed by atoms with Gasteiger partial charge >= 0.3 is 0 Å². The second-order valence-electron chi connectivity index (χ2n) is 8.62. The molecule has 1 atom stereocenters. The van der Waals surface area contributed by atoms with Crippen molar-refractivity contribution < 1.29 is 22.7 Å². The van der Waals surface area contributed by atoms with Crippen LogP contribution >= 0.6 is 0 Å². The lowest BCUT2D eigenvalue weighted by Gasteiger charge is -2.26. The van der Waals surface area contributed by atoms with Crippen molar-refractivity contribution in [2.45, 2.75) is 44.0 Å². The van der Waals surface area contributed by atoms with E-state index in [1.165, 1.54) is 24.5 Å². The number of rotatable bonds is 4. The Balaban J connectivity index is 1.68. The first-order chi connectivity index (χ1) is 15.2. The maximum absolute atomic E-state index is 13.5. The summed E-state index contributed by atoms with van der Waals surface area (Å²) in [7, 11) is -0.658. The molecular weight excluding hydrogens is 428 g/mol. The number of likely N-dealkylation sites (tertiary alicyclic amines) is 1. The van der Waals surface area contributed by atoms with Crippen LogP contribution < -0.4 is 9.47 Å². The highest BCUT2D eigenvalue weighted by atomic mass is 32.2. The Bertz CT molecular complexity index is 1140. The highest BCUT2D eigenvalue weighted by molar-refractivity contribution is 7.89. The van der Waals surface area contributed by atoms with E-state index < -0.39 is 10.0 Å². The van der Waals surface area contributed by atoms with Gasteiger partial charge in [-0.15, -0.1) is 0 Å². The first-order valence-corrected chi connectivity index (χ1v) is 12.4. The Morgan fingerprint density at radius 2 is 1.75 bits per heavy atom. The van der Waals surface area contributed by atoms with Crippen LogP contribution in [-0.2, 0) is 10.0 Å². The summed E-state index contributed by atoms with van der Waals surface area (Å²) in [6, 6.07) is 9.09. The van der Waals surface area contributed by atoms with E-state index in [1.54, 1.807) is 13.0 Å². The van der Waals surface area contributed by atoms with Crippen LogP contribution in [0.3, 0.4) is 0 Å². The van der Waals surface area contributed by atoms with Crippen LogP contribution in [0.5, 0.6) is 11.5 Å². The molecule has 0 unspecified atom stereocenters. The molecule has 0 aliphatic carbocycles. The van der Waals surface area contributed by atoms with Gasteiger partial charge in [0.05, 0.1) is 24.2 Å². The Hall–Kier alpha value is -2.58. The lowest BCUT2D eigenvalue weighted by molar-refractivity contribution is 0.0735. The molecule has 1 saturated heterocycles. The van der Waals surface area contributed by atoms with E-state index in [2.05, 4.69) is 0 Å². The second-order valence-corrected chi connectivity index (χ2v) is 10.7. The SMILES string of the molecule is Cc1cc(C(=O)N2CCC[C@@H]2c2ccc3c(c2)OCCCO3)cc(S(=O)(=O)N(C)C)c1C. The summed E-state index contributed by atoms with van der Waals surface area (Å²) < 4.78 is 38.4. The van der Waals surface area contributed by atoms with Crippen LogP contribution in [0.2, 0.25) is 0 Å². The maximum Gasteiger partial charge on any atom is 0.254 e. The number of carbonyl (C=O) groups excluding carboxylic acids is 1. The molecule has 2 aliphatic rings. The molecule has 2 aromatic rings. The fourth-order valence-corrected chi connectivity index (χ4v) is 5.54. The fourth-order valence-electron chi connectivity index (χ4n) is 4.32. The number of fused-ring (bicyclic) bond motifs is 1. The van der Waals surface area contributed by atoms with Crippen molar-refractivity contribution in [2.75, 3.05) is 33.9 Å². The lowest BCUT2D eigenvalue weighted by Crippen LogP contribution is -2.31. The Labute approximate surface area is 190 Å². The standard InChI is InChI=1S/C24H30N2O5S/c1-16-13-19(15-23(17(16)2)32(28,29)25(3)4)24(27)26-10-5-7-20(26)18-8-9-21-22(14-18)31-12-6-11-30-21/h8-9,13-15,20H,5-7,10-12H2,1-4H3/t20-/m1/s1. The quantitative estimate of drug-likeness (QED) is 0.698. The molecule has 0 N–H and O–H groups in total. The summed E-state index contributed by atoms with van der Waals surface area (Å²) in [5.41, 5.74) is 2.85. The lowest BCUT2D eigenvalue weighted by atomic mass is 10.0. The van der Waals surface area contributed by atoms with E-state index in [9.17, 15) is 13.2 Å². The number of carbonyl (C=O) groups is 1. The predicted molar refractivity (Wildman–Crippen MR) is 122 cm³/mol. The molecule has 2 aliphatic heterocycles. The normalized spacial score (nSPS) is 18.7. The van der Waals surface area contributed by atoms with Crippen LogP contribution in [0.4, 0.5) is 0 Å². The first kappa shape index (κ1) is 22.6. The number of aryl methyl sites for hydroxylation is 1. The maximum atomic E-state index is 13.5. The molecule has 172 valence electrons. The number of sulfonamides is 1. The van der Waals surface area contributed by atoms with E-state index >= 15 is 0 Å². The van der Waals surface area contributed by atoms with Gasteiger partial charge in [0.25, 0.3) is 5.91 Å². The zero-order valence-electron chi connectivity index (χ0n) is 19.1. The summed E-state index contributed by atoms with van der Waals surface area (Å²) in [4.78, 5) is 15.6. The van der Waals surface area contributed by atoms with Crippen molar-refractivity contribution in [3.8, 4) is 11.5 Å². The van der Waals surface area contributed by atoms with Crippen LogP contribution in [0.1, 0.15) is 52.4 Å². The van der Waals surface area contributed by atoms with Crippen molar-refractivity contribution in [2.24, 2.45) is 0 Å². The van der Waals surface area contributed by atoms with Gasteiger partial charge in [-0.3, -0.25) is 4.79 Å². The number of hydrogen-bond donors (Lipinski definition) is 0. The Morgan fingerprint density at radius 1 is 1.03 bits per heavy atom. The molecule has 32 heavy (non-hydrogen) atoms. The van der Waals surface area contributed by atoms with Crippen molar-refractivity contribution in [1.82, 2.24) is 9.21 Å².